The van der Waals surface area contributed by atoms with Crippen molar-refractivity contribution >= 4 is 36.6 Å². The van der Waals surface area contributed by atoms with Gasteiger partial charge in [-0.3, -0.25) is 0 Å². The Morgan fingerprint density at radius 1 is 1.15 bits per heavy atom. The maximum Gasteiger partial charge on any atom is 0.222 e. The van der Waals surface area contributed by atoms with Crippen LogP contribution in [0.15, 0.2) is 43.0 Å². The summed E-state index contributed by atoms with van der Waals surface area (Å²) in [6.45, 7) is 0.593. The highest BCUT2D eigenvalue weighted by Crippen LogP contribution is 2.35. The smallest absolute Gasteiger partial charge is 0.222 e. The van der Waals surface area contributed by atoms with E-state index in [4.69, 9.17) is 11.5 Å². The molecule has 0 radical (unpaired) electrons. The molecule has 0 amide bonds. The van der Waals surface area contributed by atoms with E-state index in [1.807, 2.05) is 30.3 Å². The van der Waals surface area contributed by atoms with Gasteiger partial charge in [-0.2, -0.15) is 10.1 Å². The summed E-state index contributed by atoms with van der Waals surface area (Å²) < 4.78 is 1.74. The number of nitrogens with two attached hydrogens (primary N) is 2. The van der Waals surface area contributed by atoms with E-state index in [2.05, 4.69) is 25.4 Å². The number of nitrogens with zero attached hydrogens (tertiary/aromatic N) is 5. The molecule has 1 aliphatic rings. The second kappa shape index (κ2) is 8.98. The number of nitrogens with one attached hydrogen (secondary N) is 1. The topological polar surface area (TPSA) is 121 Å². The van der Waals surface area contributed by atoms with Gasteiger partial charge < -0.3 is 16.8 Å². The van der Waals surface area contributed by atoms with Gasteiger partial charge in [0.25, 0.3) is 0 Å². The molecule has 1 aliphatic carbocycles. The molecule has 2 heterocycles. The van der Waals surface area contributed by atoms with Gasteiger partial charge in [-0.25, -0.2) is 14.6 Å². The zero-order chi connectivity index (χ0) is 17.2. The summed E-state index contributed by atoms with van der Waals surface area (Å²) in [6.07, 6.45) is 5.10. The van der Waals surface area contributed by atoms with Crippen molar-refractivity contribution in [2.75, 3.05) is 11.1 Å². The third kappa shape index (κ3) is 4.65. The van der Waals surface area contributed by atoms with E-state index in [-0.39, 0.29) is 36.8 Å². The Balaban J connectivity index is 0.00000131. The maximum atomic E-state index is 5.88. The number of nitrogen functional groups attached to an aromatic ring is 1. The second-order valence-corrected chi connectivity index (χ2v) is 6.29. The molecule has 0 aliphatic heterocycles. The molecule has 2 aromatic heterocycles. The number of halogens is 2. The van der Waals surface area contributed by atoms with E-state index in [1.165, 1.54) is 6.33 Å². The highest BCUT2D eigenvalue weighted by atomic mass is 35.5. The molecule has 0 unspecified atom stereocenters. The van der Waals surface area contributed by atoms with Crippen LogP contribution in [0.4, 0.5) is 11.8 Å². The molecule has 3 aromatic rings. The van der Waals surface area contributed by atoms with Crippen molar-refractivity contribution in [1.29, 1.82) is 0 Å². The standard InChI is InChI=1S/C17H20N8.2ClH/c18-13-5-12(6-13)14-7-16(24-17(19)23-14)21-8-11-3-1-2-4-15(11)25-10-20-9-22-25;;/h1-4,7,9-10,12-13H,5-6,8,18H2,(H3,19,21,23,24);2*1H. The van der Waals surface area contributed by atoms with E-state index in [0.29, 0.717) is 12.5 Å². The predicted octanol–water partition coefficient (Wildman–Crippen LogP) is 2.30. The molecule has 0 saturated heterocycles. The first kappa shape index (κ1) is 20.9. The Morgan fingerprint density at radius 3 is 2.63 bits per heavy atom. The van der Waals surface area contributed by atoms with Crippen LogP contribution in [0.1, 0.15) is 30.0 Å². The Bertz CT molecular complexity index is 865. The van der Waals surface area contributed by atoms with Crippen LogP contribution in [0.2, 0.25) is 0 Å². The molecule has 10 heteroatoms. The zero-order valence-corrected chi connectivity index (χ0v) is 16.2. The van der Waals surface area contributed by atoms with E-state index >= 15 is 0 Å². The quantitative estimate of drug-likeness (QED) is 0.591. The van der Waals surface area contributed by atoms with Gasteiger partial charge in [-0.05, 0) is 24.5 Å². The van der Waals surface area contributed by atoms with Crippen molar-refractivity contribution in [3.05, 3.63) is 54.2 Å². The zero-order valence-electron chi connectivity index (χ0n) is 14.5. The third-order valence-electron chi connectivity index (χ3n) is 4.47. The molecule has 8 nitrogen and oxygen atoms in total. The van der Waals surface area contributed by atoms with Gasteiger partial charge in [0, 0.05) is 24.6 Å². The normalized spacial score (nSPS) is 18.0. The summed E-state index contributed by atoms with van der Waals surface area (Å²) in [5, 5.41) is 7.53. The Labute approximate surface area is 169 Å². The van der Waals surface area contributed by atoms with Crippen molar-refractivity contribution < 1.29 is 0 Å². The molecule has 1 saturated carbocycles. The molecular weight excluding hydrogens is 387 g/mol. The number of para-hydroxylation sites is 1. The molecule has 144 valence electrons. The summed E-state index contributed by atoms with van der Waals surface area (Å²) in [5.74, 6) is 1.38. The van der Waals surface area contributed by atoms with Gasteiger partial charge in [0.1, 0.15) is 18.5 Å². The predicted molar refractivity (Wildman–Crippen MR) is 110 cm³/mol. The first-order valence-corrected chi connectivity index (χ1v) is 8.26. The fraction of sp³-hybridized carbons (Fsp3) is 0.294. The van der Waals surface area contributed by atoms with E-state index in [0.717, 1.165) is 35.6 Å². The van der Waals surface area contributed by atoms with Crippen LogP contribution < -0.4 is 16.8 Å². The number of hydrogen-bond acceptors (Lipinski definition) is 7. The Hall–Kier alpha value is -2.42. The largest absolute Gasteiger partial charge is 0.368 e. The summed E-state index contributed by atoms with van der Waals surface area (Å²) in [5.41, 5.74) is 14.8. The van der Waals surface area contributed by atoms with Gasteiger partial charge in [-0.1, -0.05) is 18.2 Å². The minimum atomic E-state index is 0. The minimum Gasteiger partial charge on any atom is -0.368 e. The first-order valence-electron chi connectivity index (χ1n) is 8.26. The maximum absolute atomic E-state index is 5.88. The highest BCUT2D eigenvalue weighted by molar-refractivity contribution is 5.85. The van der Waals surface area contributed by atoms with Crippen LogP contribution in [0.25, 0.3) is 5.69 Å². The van der Waals surface area contributed by atoms with Crippen molar-refractivity contribution in [1.82, 2.24) is 24.7 Å². The molecule has 1 fully saturated rings. The fourth-order valence-corrected chi connectivity index (χ4v) is 3.09. The summed E-state index contributed by atoms with van der Waals surface area (Å²) in [4.78, 5) is 12.6. The molecule has 0 spiro atoms. The van der Waals surface area contributed by atoms with E-state index < -0.39 is 0 Å². The molecule has 4 rings (SSSR count). The molecule has 0 bridgehead atoms. The lowest BCUT2D eigenvalue weighted by molar-refractivity contribution is 0.345. The molecule has 5 N–H and O–H groups in total. The van der Waals surface area contributed by atoms with Gasteiger partial charge in [0.05, 0.1) is 11.4 Å². The van der Waals surface area contributed by atoms with Gasteiger partial charge in [-0.15, -0.1) is 24.8 Å². The Morgan fingerprint density at radius 2 is 1.93 bits per heavy atom. The highest BCUT2D eigenvalue weighted by Gasteiger charge is 2.29. The second-order valence-electron chi connectivity index (χ2n) is 6.29. The van der Waals surface area contributed by atoms with Crippen molar-refractivity contribution in [2.45, 2.75) is 31.3 Å². The van der Waals surface area contributed by atoms with Crippen LogP contribution >= 0.6 is 24.8 Å². The first-order chi connectivity index (χ1) is 12.2. The lowest BCUT2D eigenvalue weighted by Crippen LogP contribution is -2.35. The number of anilines is 2. The SMILES string of the molecule is Cl.Cl.Nc1nc(NCc2ccccc2-n2cncn2)cc(C2CC(N)C2)n1. The van der Waals surface area contributed by atoms with Crippen molar-refractivity contribution in [3.63, 3.8) is 0 Å². The van der Waals surface area contributed by atoms with E-state index in [1.54, 1.807) is 11.0 Å². The van der Waals surface area contributed by atoms with Crippen molar-refractivity contribution in [2.24, 2.45) is 5.73 Å². The summed E-state index contributed by atoms with van der Waals surface area (Å²) in [6, 6.07) is 10.2. The van der Waals surface area contributed by atoms with Crippen LogP contribution in [0.5, 0.6) is 0 Å². The minimum absolute atomic E-state index is 0. The monoisotopic (exact) mass is 408 g/mol. The number of benzene rings is 1. The van der Waals surface area contributed by atoms with Crippen LogP contribution in [0, 0.1) is 0 Å². The lowest BCUT2D eigenvalue weighted by atomic mass is 9.78. The molecule has 1 aromatic carbocycles. The number of hydrogen-bond donors (Lipinski definition) is 3. The molecular formula is C17H22Cl2N8. The van der Waals surface area contributed by atoms with Crippen LogP contribution in [-0.2, 0) is 6.54 Å². The number of rotatable bonds is 5. The van der Waals surface area contributed by atoms with E-state index in [9.17, 15) is 0 Å². The van der Waals surface area contributed by atoms with Gasteiger partial charge >= 0.3 is 0 Å². The Kier molecular flexibility index (Phi) is 6.95. The van der Waals surface area contributed by atoms with Gasteiger partial charge in [0.15, 0.2) is 0 Å². The summed E-state index contributed by atoms with van der Waals surface area (Å²) >= 11 is 0. The van der Waals surface area contributed by atoms with Gasteiger partial charge in [0.2, 0.25) is 5.95 Å². The average molecular weight is 409 g/mol. The third-order valence-corrected chi connectivity index (χ3v) is 4.47. The van der Waals surface area contributed by atoms with Crippen LogP contribution in [0.3, 0.4) is 0 Å². The lowest BCUT2D eigenvalue weighted by Gasteiger charge is -2.32. The average Bonchev–Trinajstić information content (AvgIpc) is 3.11. The summed E-state index contributed by atoms with van der Waals surface area (Å²) in [7, 11) is 0. The van der Waals surface area contributed by atoms with Crippen LogP contribution in [-0.4, -0.2) is 30.8 Å². The molecule has 27 heavy (non-hydrogen) atoms. The van der Waals surface area contributed by atoms with Crippen molar-refractivity contribution in [3.8, 4) is 5.69 Å². The fourth-order valence-electron chi connectivity index (χ4n) is 3.09. The number of aromatic nitrogens is 5. The molecule has 0 atom stereocenters.